The van der Waals surface area contributed by atoms with Crippen molar-refractivity contribution >= 4 is 28.8 Å². The average Bonchev–Trinajstić information content (AvgIpc) is 3.22. The van der Waals surface area contributed by atoms with Gasteiger partial charge in [0.1, 0.15) is 11.5 Å². The molecule has 0 unspecified atom stereocenters. The van der Waals surface area contributed by atoms with E-state index in [2.05, 4.69) is 15.6 Å². The molecule has 0 atom stereocenters. The lowest BCUT2D eigenvalue weighted by Crippen LogP contribution is -2.35. The summed E-state index contributed by atoms with van der Waals surface area (Å²) in [6.45, 7) is 0.300. The molecule has 3 aromatic carbocycles. The van der Waals surface area contributed by atoms with Gasteiger partial charge in [-0.05, 0) is 48.4 Å². The topological polar surface area (TPSA) is 74.0 Å². The van der Waals surface area contributed by atoms with Gasteiger partial charge in [0.2, 0.25) is 0 Å². The molecule has 0 spiro atoms. The van der Waals surface area contributed by atoms with E-state index in [-0.39, 0.29) is 17.4 Å². The highest BCUT2D eigenvalue weighted by Gasteiger charge is 2.15. The van der Waals surface area contributed by atoms with Crippen molar-refractivity contribution in [3.05, 3.63) is 113 Å². The lowest BCUT2D eigenvalue weighted by molar-refractivity contribution is -0.117. The number of H-pyrrole nitrogens is 1. The smallest absolute Gasteiger partial charge is 0.267 e. The number of carbonyl (C=O) groups excluding carboxylic acids is 2. The highest BCUT2D eigenvalue weighted by atomic mass is 19.1. The summed E-state index contributed by atoms with van der Waals surface area (Å²) >= 11 is 0. The molecule has 0 aliphatic rings. The number of nitrogens with one attached hydrogen (secondary N) is 3. The Labute approximate surface area is 185 Å². The van der Waals surface area contributed by atoms with Crippen molar-refractivity contribution in [2.75, 3.05) is 6.54 Å². The zero-order valence-electron chi connectivity index (χ0n) is 17.3. The number of halogens is 1. The second-order valence-corrected chi connectivity index (χ2v) is 7.30. The number of benzene rings is 3. The molecule has 1 heterocycles. The highest BCUT2D eigenvalue weighted by molar-refractivity contribution is 6.06. The molecule has 0 fully saturated rings. The molecular formula is C26H22FN3O2. The van der Waals surface area contributed by atoms with E-state index in [1.165, 1.54) is 12.1 Å². The van der Waals surface area contributed by atoms with Crippen molar-refractivity contribution in [1.82, 2.24) is 15.6 Å². The molecule has 1 aromatic heterocycles. The summed E-state index contributed by atoms with van der Waals surface area (Å²) in [5.74, 6) is -1.11. The minimum Gasteiger partial charge on any atom is -0.361 e. The van der Waals surface area contributed by atoms with Gasteiger partial charge in [-0.2, -0.15) is 0 Å². The predicted octanol–water partition coefficient (Wildman–Crippen LogP) is 4.44. The van der Waals surface area contributed by atoms with Crippen LogP contribution < -0.4 is 10.6 Å². The maximum atomic E-state index is 13.4. The average molecular weight is 427 g/mol. The molecule has 0 radical (unpaired) electrons. The largest absolute Gasteiger partial charge is 0.361 e. The minimum absolute atomic E-state index is 0.128. The summed E-state index contributed by atoms with van der Waals surface area (Å²) in [7, 11) is 0. The third-order valence-corrected chi connectivity index (χ3v) is 5.04. The minimum atomic E-state index is -0.420. The van der Waals surface area contributed by atoms with Crippen LogP contribution in [0.25, 0.3) is 17.0 Å². The fourth-order valence-corrected chi connectivity index (χ4v) is 3.42. The first-order valence-corrected chi connectivity index (χ1v) is 10.3. The van der Waals surface area contributed by atoms with Crippen LogP contribution >= 0.6 is 0 Å². The molecule has 0 saturated carbocycles. The van der Waals surface area contributed by atoms with Crippen molar-refractivity contribution in [2.24, 2.45) is 0 Å². The van der Waals surface area contributed by atoms with Gasteiger partial charge < -0.3 is 15.6 Å². The summed E-state index contributed by atoms with van der Waals surface area (Å²) in [5, 5.41) is 6.48. The molecule has 6 heteroatoms. The lowest BCUT2D eigenvalue weighted by atomic mass is 10.1. The lowest BCUT2D eigenvalue weighted by Gasteiger charge is -2.11. The molecule has 2 amide bonds. The summed E-state index contributed by atoms with van der Waals surface area (Å²) in [5.41, 5.74) is 3.07. The summed E-state index contributed by atoms with van der Waals surface area (Å²) in [6, 6.07) is 22.7. The third kappa shape index (κ3) is 5.10. The molecule has 0 aliphatic heterocycles. The van der Waals surface area contributed by atoms with E-state index in [4.69, 9.17) is 0 Å². The van der Waals surface area contributed by atoms with Crippen LogP contribution in [0.3, 0.4) is 0 Å². The van der Waals surface area contributed by atoms with Gasteiger partial charge in [0.05, 0.1) is 0 Å². The Morgan fingerprint density at radius 2 is 1.72 bits per heavy atom. The second kappa shape index (κ2) is 9.75. The Morgan fingerprint density at radius 1 is 0.938 bits per heavy atom. The van der Waals surface area contributed by atoms with Gasteiger partial charge in [0, 0.05) is 34.8 Å². The number of fused-ring (bicyclic) bond motifs is 1. The molecule has 4 rings (SSSR count). The van der Waals surface area contributed by atoms with Gasteiger partial charge >= 0.3 is 0 Å². The predicted molar refractivity (Wildman–Crippen MR) is 123 cm³/mol. The standard InChI is InChI=1S/C26H22FN3O2/c27-21-10-6-7-18(15-21)13-14-28-26(32)24(30-25(31)19-8-2-1-3-9-19)16-20-17-29-23-12-5-4-11-22(20)23/h1-12,15-17,29H,13-14H2,(H,28,32)(H,30,31)/b24-16+. The van der Waals surface area contributed by atoms with Crippen LogP contribution in [0.4, 0.5) is 4.39 Å². The maximum absolute atomic E-state index is 13.4. The Morgan fingerprint density at radius 3 is 2.53 bits per heavy atom. The van der Waals surface area contributed by atoms with E-state index in [0.29, 0.717) is 18.5 Å². The van der Waals surface area contributed by atoms with E-state index in [9.17, 15) is 14.0 Å². The van der Waals surface area contributed by atoms with E-state index in [1.807, 2.05) is 30.3 Å². The zero-order valence-corrected chi connectivity index (χ0v) is 17.3. The van der Waals surface area contributed by atoms with Gasteiger partial charge in [0.25, 0.3) is 11.8 Å². The van der Waals surface area contributed by atoms with Crippen molar-refractivity contribution in [3.8, 4) is 0 Å². The number of aromatic amines is 1. The number of hydrogen-bond donors (Lipinski definition) is 3. The molecule has 32 heavy (non-hydrogen) atoms. The number of rotatable bonds is 7. The number of hydrogen-bond acceptors (Lipinski definition) is 2. The summed E-state index contributed by atoms with van der Waals surface area (Å²) in [6.07, 6.45) is 3.91. The number of carbonyl (C=O) groups is 2. The third-order valence-electron chi connectivity index (χ3n) is 5.04. The van der Waals surface area contributed by atoms with Crippen LogP contribution in [-0.4, -0.2) is 23.3 Å². The van der Waals surface area contributed by atoms with Crippen molar-refractivity contribution in [3.63, 3.8) is 0 Å². The quantitative estimate of drug-likeness (QED) is 0.382. The number of aromatic nitrogens is 1. The molecule has 5 nitrogen and oxygen atoms in total. The normalized spacial score (nSPS) is 11.3. The molecule has 0 aliphatic carbocycles. The Hall–Kier alpha value is -4.19. The van der Waals surface area contributed by atoms with Gasteiger partial charge in [0.15, 0.2) is 0 Å². The molecule has 0 bridgehead atoms. The van der Waals surface area contributed by atoms with Crippen molar-refractivity contribution < 1.29 is 14.0 Å². The molecule has 3 N–H and O–H groups in total. The fraction of sp³-hybridized carbons (Fsp3) is 0.0769. The van der Waals surface area contributed by atoms with Crippen LogP contribution in [0.2, 0.25) is 0 Å². The fourth-order valence-electron chi connectivity index (χ4n) is 3.42. The molecule has 0 saturated heterocycles. The van der Waals surface area contributed by atoms with Crippen LogP contribution in [0.5, 0.6) is 0 Å². The number of para-hydroxylation sites is 1. The maximum Gasteiger partial charge on any atom is 0.267 e. The van der Waals surface area contributed by atoms with Gasteiger partial charge in [-0.25, -0.2) is 4.39 Å². The first-order valence-electron chi connectivity index (χ1n) is 10.3. The van der Waals surface area contributed by atoms with E-state index in [1.54, 1.807) is 48.7 Å². The Kier molecular flexibility index (Phi) is 6.41. The monoisotopic (exact) mass is 427 g/mol. The summed E-state index contributed by atoms with van der Waals surface area (Å²) < 4.78 is 13.4. The first kappa shape index (κ1) is 21.1. The molecular weight excluding hydrogens is 405 g/mol. The van der Waals surface area contributed by atoms with E-state index >= 15 is 0 Å². The summed E-state index contributed by atoms with van der Waals surface area (Å²) in [4.78, 5) is 28.8. The van der Waals surface area contributed by atoms with E-state index < -0.39 is 5.91 Å². The van der Waals surface area contributed by atoms with Crippen LogP contribution in [0.15, 0.2) is 90.8 Å². The zero-order chi connectivity index (χ0) is 22.3. The Bertz CT molecular complexity index is 1280. The van der Waals surface area contributed by atoms with Gasteiger partial charge in [-0.3, -0.25) is 9.59 Å². The Balaban J connectivity index is 1.55. The van der Waals surface area contributed by atoms with Crippen LogP contribution in [0, 0.1) is 5.82 Å². The highest BCUT2D eigenvalue weighted by Crippen LogP contribution is 2.20. The van der Waals surface area contributed by atoms with Crippen LogP contribution in [0.1, 0.15) is 21.5 Å². The molecule has 4 aromatic rings. The van der Waals surface area contributed by atoms with Crippen LogP contribution in [-0.2, 0) is 11.2 Å². The number of amides is 2. The van der Waals surface area contributed by atoms with E-state index in [0.717, 1.165) is 22.0 Å². The van der Waals surface area contributed by atoms with Gasteiger partial charge in [-0.1, -0.05) is 48.5 Å². The SMILES string of the molecule is O=C(NCCc1cccc(F)c1)/C(=C\c1c[nH]c2ccccc12)NC(=O)c1ccccc1. The van der Waals surface area contributed by atoms with Crippen molar-refractivity contribution in [1.29, 1.82) is 0 Å². The van der Waals surface area contributed by atoms with Gasteiger partial charge in [-0.15, -0.1) is 0 Å². The van der Waals surface area contributed by atoms with Crippen molar-refractivity contribution in [2.45, 2.75) is 6.42 Å². The molecule has 160 valence electrons. The second-order valence-electron chi connectivity index (χ2n) is 7.30. The first-order chi connectivity index (χ1) is 15.6.